The third-order valence-corrected chi connectivity index (χ3v) is 3.84. The molecule has 0 unspecified atom stereocenters. The number of hydrogen-bond acceptors (Lipinski definition) is 3. The lowest BCUT2D eigenvalue weighted by Gasteiger charge is -2.39. The summed E-state index contributed by atoms with van der Waals surface area (Å²) in [7, 11) is 0. The van der Waals surface area contributed by atoms with Crippen molar-refractivity contribution in [2.45, 2.75) is 38.1 Å². The molecule has 6 heteroatoms. The molecule has 2 rings (SSSR count). The summed E-state index contributed by atoms with van der Waals surface area (Å²) < 4.78 is 41.4. The van der Waals surface area contributed by atoms with Crippen molar-refractivity contribution in [3.63, 3.8) is 0 Å². The molecule has 1 aromatic carbocycles. The molecule has 0 amide bonds. The first kappa shape index (κ1) is 16.1. The van der Waals surface area contributed by atoms with Gasteiger partial charge in [0, 0.05) is 18.7 Å². The molecule has 1 saturated heterocycles. The molecule has 3 nitrogen and oxygen atoms in total. The maximum absolute atomic E-state index is 12.5. The van der Waals surface area contributed by atoms with Crippen molar-refractivity contribution < 1.29 is 23.0 Å². The van der Waals surface area contributed by atoms with E-state index in [0.29, 0.717) is 25.9 Å². The molecular formula is C15H20F3NO2. The van der Waals surface area contributed by atoms with Gasteiger partial charge in [0.05, 0.1) is 5.60 Å². The van der Waals surface area contributed by atoms with Crippen molar-refractivity contribution in [3.8, 4) is 5.75 Å². The Labute approximate surface area is 122 Å². The molecule has 0 radical (unpaired) electrons. The van der Waals surface area contributed by atoms with Crippen LogP contribution in [0.15, 0.2) is 24.3 Å². The second kappa shape index (κ2) is 6.23. The smallest absolute Gasteiger partial charge is 0.405 e. The summed E-state index contributed by atoms with van der Waals surface area (Å²) in [4.78, 5) is 2.21. The molecule has 0 bridgehead atoms. The number of piperidine rings is 1. The molecule has 0 spiro atoms. The molecule has 0 atom stereocenters. The van der Waals surface area contributed by atoms with Crippen molar-refractivity contribution in [3.05, 3.63) is 29.8 Å². The van der Waals surface area contributed by atoms with Crippen LogP contribution in [0.4, 0.5) is 13.2 Å². The molecule has 118 valence electrons. The van der Waals surface area contributed by atoms with E-state index in [9.17, 15) is 18.3 Å². The average Bonchev–Trinajstić information content (AvgIpc) is 2.41. The monoisotopic (exact) mass is 303 g/mol. The summed E-state index contributed by atoms with van der Waals surface area (Å²) in [6.45, 7) is 4.36. The Hall–Kier alpha value is -1.27. The molecule has 1 aromatic rings. The number of para-hydroxylation sites is 1. The zero-order valence-corrected chi connectivity index (χ0v) is 12.0. The molecule has 1 aliphatic heterocycles. The Morgan fingerprint density at radius 3 is 2.43 bits per heavy atom. The second-order valence-corrected chi connectivity index (χ2v) is 5.42. The van der Waals surface area contributed by atoms with Crippen LogP contribution in [0.5, 0.6) is 5.75 Å². The molecule has 1 fully saturated rings. The van der Waals surface area contributed by atoms with Gasteiger partial charge in [-0.2, -0.15) is 0 Å². The van der Waals surface area contributed by atoms with Crippen LogP contribution in [-0.4, -0.2) is 36.0 Å². The number of hydrogen-bond donors (Lipinski definition) is 1. The van der Waals surface area contributed by atoms with Gasteiger partial charge in [-0.05, 0) is 31.9 Å². The van der Waals surface area contributed by atoms with E-state index in [-0.39, 0.29) is 11.3 Å². The largest absolute Gasteiger partial charge is 0.573 e. The van der Waals surface area contributed by atoms with Gasteiger partial charge >= 0.3 is 6.36 Å². The Bertz CT molecular complexity index is 468. The van der Waals surface area contributed by atoms with E-state index in [4.69, 9.17) is 0 Å². The van der Waals surface area contributed by atoms with Gasteiger partial charge < -0.3 is 14.7 Å². The first-order valence-electron chi connectivity index (χ1n) is 7.14. The Morgan fingerprint density at radius 1 is 1.24 bits per heavy atom. The fourth-order valence-electron chi connectivity index (χ4n) is 2.80. The molecule has 21 heavy (non-hydrogen) atoms. The third kappa shape index (κ3) is 4.11. The molecule has 0 aliphatic carbocycles. The van der Waals surface area contributed by atoms with Gasteiger partial charge in [-0.3, -0.25) is 0 Å². The van der Waals surface area contributed by atoms with Gasteiger partial charge in [0.2, 0.25) is 0 Å². The highest BCUT2D eigenvalue weighted by Crippen LogP contribution is 2.39. The van der Waals surface area contributed by atoms with Crippen LogP contribution in [0, 0.1) is 0 Å². The van der Waals surface area contributed by atoms with Gasteiger partial charge in [-0.15, -0.1) is 13.2 Å². The normalized spacial score (nSPS) is 19.5. The van der Waals surface area contributed by atoms with E-state index in [0.717, 1.165) is 13.0 Å². The number of ether oxygens (including phenoxy) is 1. The number of aliphatic hydroxyl groups is 1. The molecule has 0 aromatic heterocycles. The summed E-state index contributed by atoms with van der Waals surface area (Å²) in [6.07, 6.45) is -2.92. The minimum Gasteiger partial charge on any atom is -0.405 e. The summed E-state index contributed by atoms with van der Waals surface area (Å²) >= 11 is 0. The summed E-state index contributed by atoms with van der Waals surface area (Å²) in [5.41, 5.74) is -1.04. The third-order valence-electron chi connectivity index (χ3n) is 3.84. The van der Waals surface area contributed by atoms with Gasteiger partial charge in [0.15, 0.2) is 0 Å². The fourth-order valence-corrected chi connectivity index (χ4v) is 2.80. The quantitative estimate of drug-likeness (QED) is 0.926. The topological polar surface area (TPSA) is 32.7 Å². The summed E-state index contributed by atoms with van der Waals surface area (Å²) in [5.74, 6) is -0.309. The number of benzene rings is 1. The maximum Gasteiger partial charge on any atom is 0.573 e. The number of nitrogens with zero attached hydrogens (tertiary/aromatic N) is 1. The lowest BCUT2D eigenvalue weighted by molar-refractivity contribution is -0.275. The van der Waals surface area contributed by atoms with Gasteiger partial charge in [0.1, 0.15) is 5.75 Å². The van der Waals surface area contributed by atoms with E-state index in [1.807, 2.05) is 0 Å². The van der Waals surface area contributed by atoms with Crippen molar-refractivity contribution in [2.75, 3.05) is 19.6 Å². The van der Waals surface area contributed by atoms with Gasteiger partial charge in [0.25, 0.3) is 0 Å². The SMILES string of the molecule is CCCN1CCC(O)(c2ccccc2OC(F)(F)F)CC1. The zero-order chi connectivity index (χ0) is 15.5. The number of halogens is 3. The van der Waals surface area contributed by atoms with Crippen molar-refractivity contribution >= 4 is 0 Å². The molecule has 1 N–H and O–H groups in total. The van der Waals surface area contributed by atoms with E-state index < -0.39 is 12.0 Å². The lowest BCUT2D eigenvalue weighted by Crippen LogP contribution is -2.43. The first-order chi connectivity index (χ1) is 9.84. The van der Waals surface area contributed by atoms with Crippen LogP contribution >= 0.6 is 0 Å². The van der Waals surface area contributed by atoms with Crippen LogP contribution in [0.25, 0.3) is 0 Å². The van der Waals surface area contributed by atoms with Crippen LogP contribution in [0.1, 0.15) is 31.7 Å². The molecule has 0 saturated carbocycles. The number of alkyl halides is 3. The van der Waals surface area contributed by atoms with Crippen molar-refractivity contribution in [1.82, 2.24) is 4.90 Å². The molecule has 1 aliphatic rings. The Balaban J connectivity index is 2.18. The van der Waals surface area contributed by atoms with Gasteiger partial charge in [-0.25, -0.2) is 0 Å². The van der Waals surface area contributed by atoms with Crippen molar-refractivity contribution in [1.29, 1.82) is 0 Å². The standard InChI is InChI=1S/C15H20F3NO2/c1-2-9-19-10-7-14(20,8-11-19)12-5-3-4-6-13(12)21-15(16,17)18/h3-6,20H,2,7-11H2,1H3. The van der Waals surface area contributed by atoms with Gasteiger partial charge in [-0.1, -0.05) is 25.1 Å². The van der Waals surface area contributed by atoms with Crippen molar-refractivity contribution in [2.24, 2.45) is 0 Å². The second-order valence-electron chi connectivity index (χ2n) is 5.42. The number of likely N-dealkylation sites (tertiary alicyclic amines) is 1. The summed E-state index contributed by atoms with van der Waals surface area (Å²) in [6, 6.07) is 5.85. The van der Waals surface area contributed by atoms with E-state index in [1.54, 1.807) is 6.07 Å². The highest BCUT2D eigenvalue weighted by molar-refractivity contribution is 5.38. The van der Waals surface area contributed by atoms with E-state index >= 15 is 0 Å². The average molecular weight is 303 g/mol. The predicted molar refractivity (Wildman–Crippen MR) is 73.0 cm³/mol. The molecular weight excluding hydrogens is 283 g/mol. The highest BCUT2D eigenvalue weighted by atomic mass is 19.4. The number of rotatable bonds is 4. The molecule has 1 heterocycles. The minimum absolute atomic E-state index is 0.221. The van der Waals surface area contributed by atoms with Crippen LogP contribution in [0.2, 0.25) is 0 Å². The van der Waals surface area contributed by atoms with E-state index in [2.05, 4.69) is 16.6 Å². The Kier molecular flexibility index (Phi) is 4.78. The van der Waals surface area contributed by atoms with Crippen LogP contribution in [-0.2, 0) is 5.60 Å². The van der Waals surface area contributed by atoms with Crippen LogP contribution < -0.4 is 4.74 Å². The first-order valence-corrected chi connectivity index (χ1v) is 7.14. The van der Waals surface area contributed by atoms with Crippen LogP contribution in [0.3, 0.4) is 0 Å². The Morgan fingerprint density at radius 2 is 1.86 bits per heavy atom. The predicted octanol–water partition coefficient (Wildman–Crippen LogP) is 3.28. The summed E-state index contributed by atoms with van der Waals surface area (Å²) in [5, 5.41) is 10.7. The zero-order valence-electron chi connectivity index (χ0n) is 12.0. The maximum atomic E-state index is 12.5. The lowest BCUT2D eigenvalue weighted by atomic mass is 9.84. The fraction of sp³-hybridized carbons (Fsp3) is 0.600. The highest BCUT2D eigenvalue weighted by Gasteiger charge is 2.39. The van der Waals surface area contributed by atoms with E-state index in [1.165, 1.54) is 18.2 Å². The minimum atomic E-state index is -4.75.